The van der Waals surface area contributed by atoms with Crippen molar-refractivity contribution in [2.45, 2.75) is 26.9 Å². The van der Waals surface area contributed by atoms with Crippen LogP contribution in [0.4, 0.5) is 5.82 Å². The van der Waals surface area contributed by atoms with Crippen molar-refractivity contribution in [1.29, 1.82) is 0 Å². The van der Waals surface area contributed by atoms with E-state index < -0.39 is 0 Å². The van der Waals surface area contributed by atoms with Crippen molar-refractivity contribution in [2.75, 3.05) is 38.1 Å². The molecule has 130 valence electrons. The van der Waals surface area contributed by atoms with Crippen molar-refractivity contribution >= 4 is 5.82 Å². The molecule has 0 saturated carbocycles. The third-order valence-electron chi connectivity index (χ3n) is 3.96. The Kier molecular flexibility index (Phi) is 5.42. The van der Waals surface area contributed by atoms with Gasteiger partial charge in [-0.25, -0.2) is 4.68 Å². The molecule has 24 heavy (non-hydrogen) atoms. The van der Waals surface area contributed by atoms with Crippen molar-refractivity contribution < 1.29 is 4.74 Å². The van der Waals surface area contributed by atoms with Gasteiger partial charge in [0.2, 0.25) is 0 Å². The first kappa shape index (κ1) is 16.9. The van der Waals surface area contributed by atoms with Gasteiger partial charge >= 0.3 is 0 Å². The molecular formula is C17H26N6O. The maximum atomic E-state index is 5.84. The Morgan fingerprint density at radius 3 is 2.83 bits per heavy atom. The van der Waals surface area contributed by atoms with Crippen LogP contribution in [0.15, 0.2) is 24.4 Å². The molecule has 1 aliphatic rings. The molecule has 0 aromatic carbocycles. The van der Waals surface area contributed by atoms with Gasteiger partial charge in [-0.1, -0.05) is 13.8 Å². The minimum absolute atomic E-state index is 0.188. The highest BCUT2D eigenvalue weighted by atomic mass is 16.5. The average Bonchev–Trinajstić information content (AvgIpc) is 3.00. The fourth-order valence-corrected chi connectivity index (χ4v) is 2.89. The first-order valence-corrected chi connectivity index (χ1v) is 8.54. The van der Waals surface area contributed by atoms with Gasteiger partial charge in [0.15, 0.2) is 5.82 Å². The fraction of sp³-hybridized carbons (Fsp3) is 0.588. The van der Waals surface area contributed by atoms with Crippen molar-refractivity contribution in [3.8, 4) is 5.82 Å². The molecule has 2 aromatic rings. The molecule has 3 rings (SSSR count). The van der Waals surface area contributed by atoms with E-state index >= 15 is 0 Å². The van der Waals surface area contributed by atoms with Crippen molar-refractivity contribution in [1.82, 2.24) is 24.9 Å². The summed E-state index contributed by atoms with van der Waals surface area (Å²) in [5.41, 5.74) is 0.958. The molecule has 0 bridgehead atoms. The molecule has 1 N–H and O–H groups in total. The van der Waals surface area contributed by atoms with E-state index in [1.54, 1.807) is 4.68 Å². The van der Waals surface area contributed by atoms with E-state index in [1.165, 1.54) is 0 Å². The lowest BCUT2D eigenvalue weighted by molar-refractivity contribution is -0.0244. The van der Waals surface area contributed by atoms with Crippen LogP contribution in [0, 0.1) is 12.8 Å². The van der Waals surface area contributed by atoms with Crippen LogP contribution >= 0.6 is 0 Å². The minimum Gasteiger partial charge on any atom is -0.374 e. The van der Waals surface area contributed by atoms with E-state index in [2.05, 4.69) is 39.4 Å². The van der Waals surface area contributed by atoms with Crippen molar-refractivity contribution in [2.24, 2.45) is 5.92 Å². The van der Waals surface area contributed by atoms with E-state index in [4.69, 9.17) is 4.74 Å². The van der Waals surface area contributed by atoms with Gasteiger partial charge in [-0.15, -0.1) is 10.2 Å². The largest absolute Gasteiger partial charge is 0.374 e. The van der Waals surface area contributed by atoms with E-state index in [0.717, 1.165) is 44.3 Å². The van der Waals surface area contributed by atoms with Crippen LogP contribution in [-0.2, 0) is 4.74 Å². The molecule has 2 aromatic heterocycles. The second-order valence-electron chi connectivity index (χ2n) is 6.71. The Labute approximate surface area is 143 Å². The number of ether oxygens (including phenoxy) is 1. The molecule has 0 radical (unpaired) electrons. The molecule has 0 spiro atoms. The number of hydrogen-bond donors (Lipinski definition) is 1. The van der Waals surface area contributed by atoms with Crippen molar-refractivity contribution in [3.05, 3.63) is 30.1 Å². The maximum Gasteiger partial charge on any atom is 0.175 e. The van der Waals surface area contributed by atoms with Gasteiger partial charge in [-0.2, -0.15) is 5.10 Å². The van der Waals surface area contributed by atoms with Crippen LogP contribution in [0.3, 0.4) is 0 Å². The van der Waals surface area contributed by atoms with E-state index in [1.807, 2.05) is 31.3 Å². The summed E-state index contributed by atoms with van der Waals surface area (Å²) in [4.78, 5) is 2.47. The van der Waals surface area contributed by atoms with Gasteiger partial charge in [-0.3, -0.25) is 4.90 Å². The number of anilines is 1. The molecule has 0 aliphatic carbocycles. The highest BCUT2D eigenvalue weighted by Crippen LogP contribution is 2.10. The van der Waals surface area contributed by atoms with Crippen LogP contribution in [-0.4, -0.2) is 63.8 Å². The van der Waals surface area contributed by atoms with Crippen LogP contribution < -0.4 is 5.32 Å². The number of hydrogen-bond acceptors (Lipinski definition) is 6. The second-order valence-corrected chi connectivity index (χ2v) is 6.71. The summed E-state index contributed by atoms with van der Waals surface area (Å²) in [7, 11) is 0. The van der Waals surface area contributed by atoms with Gasteiger partial charge in [0.05, 0.1) is 18.4 Å². The third kappa shape index (κ3) is 4.52. The lowest BCUT2D eigenvalue weighted by Crippen LogP contribution is -2.46. The fourth-order valence-electron chi connectivity index (χ4n) is 2.89. The molecule has 0 unspecified atom stereocenters. The quantitative estimate of drug-likeness (QED) is 0.870. The standard InChI is InChI=1S/C17H26N6O/c1-13(2)11-22-8-9-24-15(12-22)10-18-16-4-5-17(20-19-16)23-7-6-14(3)21-23/h4-7,13,15H,8-12H2,1-3H3,(H,18,19)/t15-/m1/s1. The molecule has 1 atom stereocenters. The number of nitrogens with one attached hydrogen (secondary N) is 1. The molecular weight excluding hydrogens is 304 g/mol. The zero-order valence-corrected chi connectivity index (χ0v) is 14.6. The molecule has 7 heteroatoms. The summed E-state index contributed by atoms with van der Waals surface area (Å²) in [5, 5.41) is 16.1. The third-order valence-corrected chi connectivity index (χ3v) is 3.96. The zero-order valence-electron chi connectivity index (χ0n) is 14.6. The molecule has 1 aliphatic heterocycles. The normalized spacial score (nSPS) is 18.9. The maximum absolute atomic E-state index is 5.84. The zero-order chi connectivity index (χ0) is 16.9. The SMILES string of the molecule is Cc1ccn(-c2ccc(NC[C@@H]3CN(CC(C)C)CCO3)nn2)n1. The van der Waals surface area contributed by atoms with Gasteiger partial charge < -0.3 is 10.1 Å². The van der Waals surface area contributed by atoms with Crippen LogP contribution in [0.25, 0.3) is 5.82 Å². The average molecular weight is 330 g/mol. The first-order chi connectivity index (χ1) is 11.6. The Morgan fingerprint density at radius 1 is 1.29 bits per heavy atom. The van der Waals surface area contributed by atoms with E-state index in [-0.39, 0.29) is 6.10 Å². The molecule has 0 amide bonds. The van der Waals surface area contributed by atoms with Crippen LogP contribution in [0.2, 0.25) is 0 Å². The summed E-state index contributed by atoms with van der Waals surface area (Å²) in [5.74, 6) is 2.15. The number of aromatic nitrogens is 4. The summed E-state index contributed by atoms with van der Waals surface area (Å²) >= 11 is 0. The van der Waals surface area contributed by atoms with Gasteiger partial charge in [-0.05, 0) is 31.0 Å². The Hall–Kier alpha value is -1.99. The van der Waals surface area contributed by atoms with Gasteiger partial charge in [0, 0.05) is 32.4 Å². The number of nitrogens with zero attached hydrogens (tertiary/aromatic N) is 5. The Balaban J connectivity index is 1.51. The molecule has 1 fully saturated rings. The Bertz CT molecular complexity index is 639. The topological polar surface area (TPSA) is 68.1 Å². The summed E-state index contributed by atoms with van der Waals surface area (Å²) in [6.07, 6.45) is 2.07. The predicted molar refractivity (Wildman–Crippen MR) is 93.4 cm³/mol. The summed E-state index contributed by atoms with van der Waals surface area (Å²) in [6, 6.07) is 5.78. The molecule has 7 nitrogen and oxygen atoms in total. The van der Waals surface area contributed by atoms with Crippen LogP contribution in [0.1, 0.15) is 19.5 Å². The van der Waals surface area contributed by atoms with Gasteiger partial charge in [0.1, 0.15) is 5.82 Å². The lowest BCUT2D eigenvalue weighted by Gasteiger charge is -2.34. The van der Waals surface area contributed by atoms with Crippen LogP contribution in [0.5, 0.6) is 0 Å². The summed E-state index contributed by atoms with van der Waals surface area (Å²) < 4.78 is 7.56. The number of rotatable bonds is 6. The monoisotopic (exact) mass is 330 g/mol. The first-order valence-electron chi connectivity index (χ1n) is 8.54. The molecule has 3 heterocycles. The second kappa shape index (κ2) is 7.72. The number of aryl methyl sites for hydroxylation is 1. The number of morpholine rings is 1. The highest BCUT2D eigenvalue weighted by molar-refractivity contribution is 5.36. The van der Waals surface area contributed by atoms with E-state index in [9.17, 15) is 0 Å². The molecule has 1 saturated heterocycles. The van der Waals surface area contributed by atoms with Gasteiger partial charge in [0.25, 0.3) is 0 Å². The summed E-state index contributed by atoms with van der Waals surface area (Å²) in [6.45, 7) is 11.1. The Morgan fingerprint density at radius 2 is 2.17 bits per heavy atom. The van der Waals surface area contributed by atoms with E-state index in [0.29, 0.717) is 11.7 Å². The van der Waals surface area contributed by atoms with Crippen molar-refractivity contribution in [3.63, 3.8) is 0 Å². The predicted octanol–water partition coefficient (Wildman–Crippen LogP) is 1.74. The minimum atomic E-state index is 0.188. The highest BCUT2D eigenvalue weighted by Gasteiger charge is 2.20. The smallest absolute Gasteiger partial charge is 0.175 e. The lowest BCUT2D eigenvalue weighted by atomic mass is 10.2.